The number of fused-ring (bicyclic) bond motifs is 2. The Hall–Kier alpha value is -4.22. The zero-order valence-electron chi connectivity index (χ0n) is 27.1. The Kier molecular flexibility index (Phi) is 7.28. The number of hydrogen-bond acceptors (Lipinski definition) is 9. The van der Waals surface area contributed by atoms with E-state index in [1.165, 1.54) is 0 Å². The first-order valence-electron chi connectivity index (χ1n) is 15.5. The molecule has 6 rings (SSSR count). The van der Waals surface area contributed by atoms with E-state index < -0.39 is 5.60 Å². The molecule has 0 unspecified atom stereocenters. The number of pyridine rings is 2. The van der Waals surface area contributed by atoms with Crippen LogP contribution in [0.2, 0.25) is 0 Å². The number of amides is 2. The normalized spacial score (nSPS) is 17.8. The molecule has 1 fully saturated rings. The third-order valence-electron chi connectivity index (χ3n) is 8.78. The van der Waals surface area contributed by atoms with Crippen LogP contribution in [0.4, 0.5) is 22.2 Å². The second-order valence-corrected chi connectivity index (χ2v) is 13.8. The number of anilines is 3. The topological polar surface area (TPSA) is 113 Å². The van der Waals surface area contributed by atoms with Crippen LogP contribution in [0.25, 0.3) is 11.5 Å². The van der Waals surface area contributed by atoms with Crippen molar-refractivity contribution in [3.8, 4) is 11.5 Å². The van der Waals surface area contributed by atoms with Crippen LogP contribution in [-0.2, 0) is 23.2 Å². The van der Waals surface area contributed by atoms with Gasteiger partial charge >= 0.3 is 6.09 Å². The molecule has 12 heteroatoms. The van der Waals surface area contributed by atoms with Crippen LogP contribution in [0.1, 0.15) is 76.6 Å². The van der Waals surface area contributed by atoms with Crippen molar-refractivity contribution in [2.24, 2.45) is 0 Å². The number of carbonyl (C=O) groups is 2. The summed E-state index contributed by atoms with van der Waals surface area (Å²) in [6, 6.07) is 7.81. The highest BCUT2D eigenvalue weighted by molar-refractivity contribution is 6.11. The molecule has 0 radical (unpaired) electrons. The lowest BCUT2D eigenvalue weighted by atomic mass is 10.0. The first-order valence-corrected chi connectivity index (χ1v) is 15.5. The number of piperazine rings is 1. The molecule has 0 N–H and O–H groups in total. The zero-order chi connectivity index (χ0) is 31.6. The van der Waals surface area contributed by atoms with Crippen molar-refractivity contribution in [3.63, 3.8) is 0 Å². The number of carbonyl (C=O) groups excluding carboxylic acids is 2. The summed E-state index contributed by atoms with van der Waals surface area (Å²) in [4.78, 5) is 44.5. The van der Waals surface area contributed by atoms with Crippen LogP contribution >= 0.6 is 0 Å². The van der Waals surface area contributed by atoms with E-state index in [9.17, 15) is 9.59 Å². The summed E-state index contributed by atoms with van der Waals surface area (Å²) in [5.41, 5.74) is 1.54. The Bertz CT molecular complexity index is 1600. The van der Waals surface area contributed by atoms with Gasteiger partial charge in [-0.3, -0.25) is 9.69 Å². The van der Waals surface area contributed by atoms with Gasteiger partial charge in [-0.1, -0.05) is 6.07 Å². The van der Waals surface area contributed by atoms with Gasteiger partial charge in [0, 0.05) is 56.8 Å². The molecular formula is C32H43N9O3. The molecule has 3 aliphatic rings. The lowest BCUT2D eigenvalue weighted by molar-refractivity contribution is 0.0240. The first kappa shape index (κ1) is 29.8. The smallest absolute Gasteiger partial charge is 0.410 e. The SMILES string of the molecule is CC(C)N(C)c1cc2c(c(N3CCN(C(=O)OC(C)(C)C)CC3)n1)CN(c1cccc(-c3nnc4n3C(C)(C)CC4)n1)C2=O. The standard InChI is InChI=1S/C32H43N9O3/c1-20(2)37(8)26-18-21-22(27(34-26)38-14-16-39(17-15-38)30(43)44-31(3,4)5)19-40(29(21)42)24-11-9-10-23(33-24)28-36-35-25-12-13-32(6,7)41(25)28/h9-11,18,20H,12-17,19H2,1-8H3. The van der Waals surface area contributed by atoms with Gasteiger partial charge in [-0.2, -0.15) is 0 Å². The molecule has 0 aliphatic carbocycles. The number of rotatable bonds is 5. The highest BCUT2D eigenvalue weighted by Gasteiger charge is 2.38. The number of aryl methyl sites for hydroxylation is 1. The van der Waals surface area contributed by atoms with Crippen LogP contribution in [0.15, 0.2) is 24.3 Å². The maximum absolute atomic E-state index is 14.1. The van der Waals surface area contributed by atoms with Gasteiger partial charge in [-0.15, -0.1) is 10.2 Å². The fourth-order valence-electron chi connectivity index (χ4n) is 6.09. The van der Waals surface area contributed by atoms with Gasteiger partial charge in [-0.05, 0) is 73.1 Å². The summed E-state index contributed by atoms with van der Waals surface area (Å²) >= 11 is 0. The van der Waals surface area contributed by atoms with Crippen molar-refractivity contribution in [1.29, 1.82) is 0 Å². The van der Waals surface area contributed by atoms with Crippen molar-refractivity contribution in [2.45, 2.75) is 85.0 Å². The molecule has 1 saturated heterocycles. The maximum atomic E-state index is 14.1. The zero-order valence-corrected chi connectivity index (χ0v) is 27.1. The van der Waals surface area contributed by atoms with Gasteiger partial charge in [0.1, 0.15) is 34.6 Å². The van der Waals surface area contributed by atoms with Gasteiger partial charge < -0.3 is 24.0 Å². The van der Waals surface area contributed by atoms with Crippen molar-refractivity contribution in [2.75, 3.05) is 47.9 Å². The van der Waals surface area contributed by atoms with Crippen LogP contribution in [0, 0.1) is 0 Å². The van der Waals surface area contributed by atoms with E-state index >= 15 is 0 Å². The Morgan fingerprint density at radius 3 is 2.48 bits per heavy atom. The largest absolute Gasteiger partial charge is 0.444 e. The predicted octanol–water partition coefficient (Wildman–Crippen LogP) is 4.48. The summed E-state index contributed by atoms with van der Waals surface area (Å²) < 4.78 is 7.77. The average Bonchev–Trinajstić information content (AvgIpc) is 3.65. The highest BCUT2D eigenvalue weighted by atomic mass is 16.6. The van der Waals surface area contributed by atoms with Crippen molar-refractivity contribution >= 4 is 29.5 Å². The molecule has 3 aliphatic heterocycles. The summed E-state index contributed by atoms with van der Waals surface area (Å²) in [6.45, 7) is 16.7. The van der Waals surface area contributed by atoms with Gasteiger partial charge in [0.2, 0.25) is 0 Å². The van der Waals surface area contributed by atoms with Crippen molar-refractivity contribution in [3.05, 3.63) is 41.2 Å². The molecule has 0 saturated carbocycles. The van der Waals surface area contributed by atoms with Gasteiger partial charge in [-0.25, -0.2) is 14.8 Å². The van der Waals surface area contributed by atoms with Crippen LogP contribution in [0.5, 0.6) is 0 Å². The molecule has 2 amide bonds. The average molecular weight is 602 g/mol. The minimum absolute atomic E-state index is 0.0987. The molecule has 0 atom stereocenters. The molecular weight excluding hydrogens is 558 g/mol. The maximum Gasteiger partial charge on any atom is 0.410 e. The predicted molar refractivity (Wildman–Crippen MR) is 169 cm³/mol. The Morgan fingerprint density at radius 1 is 1.07 bits per heavy atom. The van der Waals surface area contributed by atoms with E-state index in [2.05, 4.69) is 52.3 Å². The second kappa shape index (κ2) is 10.7. The summed E-state index contributed by atoms with van der Waals surface area (Å²) in [5, 5.41) is 8.90. The minimum atomic E-state index is -0.550. The molecule has 6 heterocycles. The van der Waals surface area contributed by atoms with Crippen molar-refractivity contribution in [1.82, 2.24) is 29.6 Å². The number of aromatic nitrogens is 5. The third-order valence-corrected chi connectivity index (χ3v) is 8.78. The fourth-order valence-corrected chi connectivity index (χ4v) is 6.09. The Labute approximate surface area is 259 Å². The first-order chi connectivity index (χ1) is 20.7. The van der Waals surface area contributed by atoms with E-state index in [4.69, 9.17) is 14.7 Å². The Balaban J connectivity index is 1.31. The third kappa shape index (κ3) is 5.35. The number of nitrogens with zero attached hydrogens (tertiary/aromatic N) is 9. The monoisotopic (exact) mass is 601 g/mol. The quantitative estimate of drug-likeness (QED) is 0.418. The summed E-state index contributed by atoms with van der Waals surface area (Å²) in [7, 11) is 1.99. The second-order valence-electron chi connectivity index (χ2n) is 13.8. The lowest BCUT2D eigenvalue weighted by Gasteiger charge is -2.37. The number of hydrogen-bond donors (Lipinski definition) is 0. The van der Waals surface area contributed by atoms with E-state index in [1.54, 1.807) is 9.80 Å². The molecule has 3 aromatic rings. The Morgan fingerprint density at radius 2 is 1.80 bits per heavy atom. The molecule has 0 aromatic carbocycles. The van der Waals surface area contributed by atoms with Crippen molar-refractivity contribution < 1.29 is 14.3 Å². The van der Waals surface area contributed by atoms with Gasteiger partial charge in [0.05, 0.1) is 12.1 Å². The molecule has 44 heavy (non-hydrogen) atoms. The fraction of sp³-hybridized carbons (Fsp3) is 0.562. The van der Waals surface area contributed by atoms with Gasteiger partial charge in [0.25, 0.3) is 5.91 Å². The van der Waals surface area contributed by atoms with Crippen LogP contribution in [0.3, 0.4) is 0 Å². The summed E-state index contributed by atoms with van der Waals surface area (Å²) in [6.07, 6.45) is 1.58. The van der Waals surface area contributed by atoms with E-state index in [-0.39, 0.29) is 23.6 Å². The highest BCUT2D eigenvalue weighted by Crippen LogP contribution is 2.38. The van der Waals surface area contributed by atoms with Crippen LogP contribution in [-0.4, -0.2) is 86.5 Å². The molecule has 12 nitrogen and oxygen atoms in total. The number of ether oxygens (including phenoxy) is 1. The molecule has 0 bridgehead atoms. The molecule has 0 spiro atoms. The van der Waals surface area contributed by atoms with E-state index in [1.807, 2.05) is 52.1 Å². The van der Waals surface area contributed by atoms with Gasteiger partial charge in [0.15, 0.2) is 5.82 Å². The summed E-state index contributed by atoms with van der Waals surface area (Å²) in [5.74, 6) is 3.66. The molecule has 234 valence electrons. The minimum Gasteiger partial charge on any atom is -0.444 e. The molecule has 3 aromatic heterocycles. The van der Waals surface area contributed by atoms with E-state index in [0.717, 1.165) is 41.7 Å². The van der Waals surface area contributed by atoms with E-state index in [0.29, 0.717) is 49.8 Å². The van der Waals surface area contributed by atoms with Crippen LogP contribution < -0.4 is 14.7 Å². The lowest BCUT2D eigenvalue weighted by Crippen LogP contribution is -2.50.